The summed E-state index contributed by atoms with van der Waals surface area (Å²) in [6.07, 6.45) is 5.33. The van der Waals surface area contributed by atoms with Crippen molar-refractivity contribution in [1.29, 1.82) is 5.26 Å². The molecule has 1 aromatic carbocycles. The Morgan fingerprint density at radius 2 is 1.96 bits per heavy atom. The summed E-state index contributed by atoms with van der Waals surface area (Å²) in [5, 5.41) is 13.4. The van der Waals surface area contributed by atoms with Gasteiger partial charge in [-0.15, -0.1) is 0 Å². The van der Waals surface area contributed by atoms with Gasteiger partial charge >= 0.3 is 0 Å². The predicted octanol–water partition coefficient (Wildman–Crippen LogP) is 5.10. The number of nitriles is 1. The number of oxazole rings is 1. The van der Waals surface area contributed by atoms with Gasteiger partial charge in [0.15, 0.2) is 0 Å². The number of piperidine rings is 1. The van der Waals surface area contributed by atoms with Crippen LogP contribution in [0.25, 0.3) is 11.5 Å². The summed E-state index contributed by atoms with van der Waals surface area (Å²) in [5.41, 5.74) is 1.01. The van der Waals surface area contributed by atoms with E-state index in [0.717, 1.165) is 24.4 Å². The Morgan fingerprint density at radius 1 is 1.18 bits per heavy atom. The molecule has 1 aliphatic rings. The quantitative estimate of drug-likeness (QED) is 0.624. The second kappa shape index (κ2) is 8.51. The molecule has 0 bridgehead atoms. The highest BCUT2D eigenvalue weighted by Crippen LogP contribution is 2.29. The van der Waals surface area contributed by atoms with Crippen molar-refractivity contribution in [3.8, 4) is 17.5 Å². The lowest BCUT2D eigenvalue weighted by Crippen LogP contribution is -2.37. The Bertz CT molecular complexity index is 938. The maximum Gasteiger partial charge on any atom is 0.232 e. The van der Waals surface area contributed by atoms with Gasteiger partial charge in [-0.05, 0) is 62.3 Å². The molecule has 0 spiro atoms. The summed E-state index contributed by atoms with van der Waals surface area (Å²) < 4.78 is 11.5. The van der Waals surface area contributed by atoms with Gasteiger partial charge in [0.25, 0.3) is 0 Å². The number of halogens is 1. The molecule has 144 valence electrons. The van der Waals surface area contributed by atoms with E-state index in [-0.39, 0.29) is 11.7 Å². The fourth-order valence-electron chi connectivity index (χ4n) is 3.54. The van der Waals surface area contributed by atoms with Gasteiger partial charge in [0.2, 0.25) is 17.5 Å². The number of anilines is 1. The largest absolute Gasteiger partial charge is 0.468 e. The van der Waals surface area contributed by atoms with Crippen LogP contribution < -0.4 is 5.32 Å². The van der Waals surface area contributed by atoms with E-state index in [9.17, 15) is 5.26 Å². The van der Waals surface area contributed by atoms with Crippen LogP contribution in [-0.4, -0.2) is 29.5 Å². The van der Waals surface area contributed by atoms with Crippen molar-refractivity contribution in [2.24, 2.45) is 0 Å². The Balaban J connectivity index is 1.54. The number of likely N-dealkylation sites (tertiary alicyclic amines) is 1. The zero-order chi connectivity index (χ0) is 19.3. The highest BCUT2D eigenvalue weighted by molar-refractivity contribution is 6.30. The van der Waals surface area contributed by atoms with E-state index in [1.54, 1.807) is 18.4 Å². The minimum absolute atomic E-state index is 0.0749. The maximum absolute atomic E-state index is 9.46. The van der Waals surface area contributed by atoms with Crippen molar-refractivity contribution >= 4 is 17.5 Å². The van der Waals surface area contributed by atoms with Crippen LogP contribution in [0.1, 0.15) is 36.8 Å². The first-order valence-corrected chi connectivity index (χ1v) is 9.80. The number of hydrogen-bond donors (Lipinski definition) is 1. The van der Waals surface area contributed by atoms with Gasteiger partial charge in [-0.1, -0.05) is 18.0 Å². The fraction of sp³-hybridized carbons (Fsp3) is 0.333. The number of nitrogens with zero attached hydrogens (tertiary/aromatic N) is 3. The summed E-state index contributed by atoms with van der Waals surface area (Å²) in [6, 6.07) is 13.2. The third-order valence-corrected chi connectivity index (χ3v) is 5.24. The van der Waals surface area contributed by atoms with E-state index in [0.29, 0.717) is 23.3 Å². The smallest absolute Gasteiger partial charge is 0.232 e. The molecule has 1 fully saturated rings. The lowest BCUT2D eigenvalue weighted by molar-refractivity contribution is 0.152. The predicted molar refractivity (Wildman–Crippen MR) is 107 cm³/mol. The first-order valence-electron chi connectivity index (χ1n) is 9.43. The minimum Gasteiger partial charge on any atom is -0.468 e. The Hall–Kier alpha value is -2.75. The van der Waals surface area contributed by atoms with Crippen LogP contribution in [0.3, 0.4) is 0 Å². The van der Waals surface area contributed by atoms with E-state index in [4.69, 9.17) is 20.4 Å². The van der Waals surface area contributed by atoms with E-state index >= 15 is 0 Å². The van der Waals surface area contributed by atoms with Crippen LogP contribution in [-0.2, 0) is 0 Å². The molecule has 2 aromatic heterocycles. The highest BCUT2D eigenvalue weighted by Gasteiger charge is 2.25. The van der Waals surface area contributed by atoms with Crippen molar-refractivity contribution in [1.82, 2.24) is 9.88 Å². The van der Waals surface area contributed by atoms with Crippen molar-refractivity contribution in [3.63, 3.8) is 0 Å². The molecule has 6 nitrogen and oxygen atoms in total. The number of hydrogen-bond acceptors (Lipinski definition) is 6. The van der Waals surface area contributed by atoms with Gasteiger partial charge in [-0.3, -0.25) is 4.90 Å². The lowest BCUT2D eigenvalue weighted by Gasteiger charge is -2.33. The molecule has 0 saturated carbocycles. The SMILES string of the molecule is N#Cc1nc(-c2ccc(Cl)cc2)oc1NC[C@H](c1ccco1)N1CCCCC1. The third kappa shape index (κ3) is 4.06. The van der Waals surface area contributed by atoms with Crippen LogP contribution in [0.4, 0.5) is 5.88 Å². The standard InChI is InChI=1S/C21H21ClN4O2/c22-16-8-6-15(7-9-16)20-25-17(13-23)21(28-20)24-14-18(19-5-4-12-27-19)26-10-2-1-3-11-26/h4-9,12,18,24H,1-3,10-11,14H2/t18-/m1/s1. The highest BCUT2D eigenvalue weighted by atomic mass is 35.5. The number of aromatic nitrogens is 1. The average molecular weight is 397 g/mol. The lowest BCUT2D eigenvalue weighted by atomic mass is 10.1. The third-order valence-electron chi connectivity index (χ3n) is 4.98. The average Bonchev–Trinajstić information content (AvgIpc) is 3.40. The summed E-state index contributed by atoms with van der Waals surface area (Å²) >= 11 is 5.94. The number of rotatable bonds is 6. The molecule has 1 aliphatic heterocycles. The van der Waals surface area contributed by atoms with Gasteiger partial charge in [0.05, 0.1) is 12.3 Å². The van der Waals surface area contributed by atoms with Crippen molar-refractivity contribution in [3.05, 3.63) is 59.1 Å². The maximum atomic E-state index is 9.46. The summed E-state index contributed by atoms with van der Waals surface area (Å²) in [4.78, 5) is 6.73. The van der Waals surface area contributed by atoms with Crippen LogP contribution in [0.2, 0.25) is 5.02 Å². The van der Waals surface area contributed by atoms with E-state index in [1.165, 1.54) is 19.3 Å². The molecule has 0 aliphatic carbocycles. The van der Waals surface area contributed by atoms with Crippen molar-refractivity contribution < 1.29 is 8.83 Å². The Morgan fingerprint density at radius 3 is 2.64 bits per heavy atom. The summed E-state index contributed by atoms with van der Waals surface area (Å²) in [6.45, 7) is 2.63. The van der Waals surface area contributed by atoms with Crippen LogP contribution in [0, 0.1) is 11.3 Å². The first-order chi connectivity index (χ1) is 13.7. The second-order valence-electron chi connectivity index (χ2n) is 6.82. The second-order valence-corrected chi connectivity index (χ2v) is 7.26. The van der Waals surface area contributed by atoms with Crippen molar-refractivity contribution in [2.45, 2.75) is 25.3 Å². The molecule has 1 atom stereocenters. The zero-order valence-electron chi connectivity index (χ0n) is 15.4. The monoisotopic (exact) mass is 396 g/mol. The van der Waals surface area contributed by atoms with Gasteiger partial charge in [0, 0.05) is 17.1 Å². The van der Waals surface area contributed by atoms with E-state index in [1.807, 2.05) is 24.3 Å². The van der Waals surface area contributed by atoms with E-state index < -0.39 is 0 Å². The normalized spacial score (nSPS) is 15.9. The van der Waals surface area contributed by atoms with E-state index in [2.05, 4.69) is 21.3 Å². The topological polar surface area (TPSA) is 78.2 Å². The summed E-state index contributed by atoms with van der Waals surface area (Å²) in [5.74, 6) is 1.68. The Kier molecular flexibility index (Phi) is 5.65. The molecule has 0 unspecified atom stereocenters. The van der Waals surface area contributed by atoms with Crippen LogP contribution in [0.5, 0.6) is 0 Å². The summed E-state index contributed by atoms with van der Waals surface area (Å²) in [7, 11) is 0. The molecule has 1 N–H and O–H groups in total. The molecule has 4 rings (SSSR count). The number of benzene rings is 1. The minimum atomic E-state index is 0.0749. The molecular formula is C21H21ClN4O2. The molecular weight excluding hydrogens is 376 g/mol. The number of furan rings is 1. The van der Waals surface area contributed by atoms with Crippen molar-refractivity contribution in [2.75, 3.05) is 25.0 Å². The zero-order valence-corrected chi connectivity index (χ0v) is 16.2. The Labute approximate surface area is 168 Å². The van der Waals surface area contributed by atoms with Crippen LogP contribution >= 0.6 is 11.6 Å². The molecule has 0 amide bonds. The number of nitrogens with one attached hydrogen (secondary N) is 1. The fourth-order valence-corrected chi connectivity index (χ4v) is 3.67. The first kappa shape index (κ1) is 18.6. The molecule has 7 heteroatoms. The van der Waals surface area contributed by atoms with Gasteiger partial charge < -0.3 is 14.2 Å². The molecule has 3 heterocycles. The molecule has 3 aromatic rings. The molecule has 0 radical (unpaired) electrons. The van der Waals surface area contributed by atoms with Gasteiger partial charge in [-0.25, -0.2) is 0 Å². The van der Waals surface area contributed by atoms with Gasteiger partial charge in [0.1, 0.15) is 11.8 Å². The van der Waals surface area contributed by atoms with Crippen LogP contribution in [0.15, 0.2) is 51.5 Å². The van der Waals surface area contributed by atoms with Gasteiger partial charge in [-0.2, -0.15) is 10.2 Å². The molecule has 28 heavy (non-hydrogen) atoms. The molecule has 1 saturated heterocycles.